The Balaban J connectivity index is 2.07. The Morgan fingerprint density at radius 2 is 1.79 bits per heavy atom. The van der Waals surface area contributed by atoms with Crippen LogP contribution in [0.25, 0.3) is 11.1 Å². The summed E-state index contributed by atoms with van der Waals surface area (Å²) in [7, 11) is 0. The van der Waals surface area contributed by atoms with Crippen molar-refractivity contribution in [3.8, 4) is 11.1 Å². The number of carboxylic acid groups (broad SMARTS) is 1. The van der Waals surface area contributed by atoms with Gasteiger partial charge in [-0.05, 0) is 17.7 Å². The number of amides is 1. The molecular formula is C17H9ClF3N3O3S. The van der Waals surface area contributed by atoms with Crippen LogP contribution in [-0.4, -0.2) is 27.5 Å². The number of carboxylic acids is 1. The zero-order valence-corrected chi connectivity index (χ0v) is 15.2. The number of thiophene rings is 1. The lowest BCUT2D eigenvalue weighted by Crippen LogP contribution is -2.19. The second-order valence-electron chi connectivity index (χ2n) is 5.39. The van der Waals surface area contributed by atoms with Gasteiger partial charge >= 0.3 is 12.1 Å². The minimum absolute atomic E-state index is 0.0350. The lowest BCUT2D eigenvalue weighted by Gasteiger charge is -2.15. The number of hydrogen-bond donors (Lipinski definition) is 1. The maximum Gasteiger partial charge on any atom is 0.419 e. The van der Waals surface area contributed by atoms with E-state index in [-0.39, 0.29) is 22.9 Å². The van der Waals surface area contributed by atoms with E-state index in [4.69, 9.17) is 11.6 Å². The van der Waals surface area contributed by atoms with Crippen molar-refractivity contribution in [3.05, 3.63) is 58.2 Å². The molecule has 1 amide bonds. The van der Waals surface area contributed by atoms with E-state index in [0.29, 0.717) is 28.5 Å². The highest BCUT2D eigenvalue weighted by Gasteiger charge is 2.32. The smallest absolute Gasteiger partial charge is 0.419 e. The highest BCUT2D eigenvalue weighted by molar-refractivity contribution is 7.15. The number of aromatic carboxylic acids is 1. The summed E-state index contributed by atoms with van der Waals surface area (Å²) >= 11 is 6.76. The second kappa shape index (κ2) is 7.56. The van der Waals surface area contributed by atoms with Gasteiger partial charge in [-0.2, -0.15) is 13.2 Å². The Bertz CT molecular complexity index is 1020. The molecule has 2 heterocycles. The summed E-state index contributed by atoms with van der Waals surface area (Å²) in [6, 6.07) is 6.38. The monoisotopic (exact) mass is 427 g/mol. The van der Waals surface area contributed by atoms with Gasteiger partial charge in [0.2, 0.25) is 12.4 Å². The molecule has 0 atom stereocenters. The van der Waals surface area contributed by atoms with Crippen LogP contribution in [0.4, 0.5) is 24.1 Å². The third-order valence-electron chi connectivity index (χ3n) is 3.65. The van der Waals surface area contributed by atoms with Gasteiger partial charge in [-0.25, -0.2) is 19.7 Å². The van der Waals surface area contributed by atoms with Crippen LogP contribution in [0, 0.1) is 0 Å². The molecule has 0 bridgehead atoms. The highest BCUT2D eigenvalue weighted by Crippen LogP contribution is 2.40. The molecule has 6 nitrogen and oxygen atoms in total. The Morgan fingerprint density at radius 1 is 1.18 bits per heavy atom. The van der Waals surface area contributed by atoms with Crippen molar-refractivity contribution in [1.29, 1.82) is 0 Å². The second-order valence-corrected chi connectivity index (χ2v) is 6.68. The van der Waals surface area contributed by atoms with Crippen molar-refractivity contribution < 1.29 is 27.9 Å². The summed E-state index contributed by atoms with van der Waals surface area (Å²) in [6.07, 6.45) is -3.35. The first kappa shape index (κ1) is 19.8. The molecule has 0 aliphatic heterocycles. The van der Waals surface area contributed by atoms with Crippen LogP contribution in [0.5, 0.6) is 0 Å². The number of hydrogen-bond acceptors (Lipinski definition) is 5. The Morgan fingerprint density at radius 3 is 2.29 bits per heavy atom. The predicted octanol–water partition coefficient (Wildman–Crippen LogP) is 4.87. The minimum atomic E-state index is -4.64. The Labute approximate surface area is 164 Å². The summed E-state index contributed by atoms with van der Waals surface area (Å²) in [4.78, 5) is 31.3. The van der Waals surface area contributed by atoms with Gasteiger partial charge in [-0.1, -0.05) is 23.7 Å². The molecule has 144 valence electrons. The lowest BCUT2D eigenvalue weighted by atomic mass is 10.0. The van der Waals surface area contributed by atoms with Gasteiger partial charge in [0.1, 0.15) is 10.6 Å². The maximum absolute atomic E-state index is 12.7. The molecule has 0 unspecified atom stereocenters. The predicted molar refractivity (Wildman–Crippen MR) is 97.0 cm³/mol. The minimum Gasteiger partial charge on any atom is -0.478 e. The fourth-order valence-corrected chi connectivity index (χ4v) is 3.51. The molecule has 0 radical (unpaired) electrons. The molecule has 28 heavy (non-hydrogen) atoms. The van der Waals surface area contributed by atoms with E-state index >= 15 is 0 Å². The zero-order chi connectivity index (χ0) is 20.5. The number of alkyl halides is 3. The number of carbonyl (C=O) groups excluding carboxylic acids is 1. The van der Waals surface area contributed by atoms with Crippen molar-refractivity contribution in [3.63, 3.8) is 0 Å². The molecule has 0 saturated heterocycles. The first-order valence-corrected chi connectivity index (χ1v) is 8.72. The molecule has 1 N–H and O–H groups in total. The van der Waals surface area contributed by atoms with Crippen LogP contribution >= 0.6 is 22.9 Å². The summed E-state index contributed by atoms with van der Waals surface area (Å²) in [5.74, 6) is -1.70. The van der Waals surface area contributed by atoms with Gasteiger partial charge in [-0.15, -0.1) is 11.3 Å². The molecule has 1 aromatic carbocycles. The number of aromatic nitrogens is 2. The van der Waals surface area contributed by atoms with Gasteiger partial charge in [0.05, 0.1) is 5.56 Å². The van der Waals surface area contributed by atoms with Gasteiger partial charge in [-0.3, -0.25) is 4.79 Å². The van der Waals surface area contributed by atoms with Gasteiger partial charge in [0, 0.05) is 28.4 Å². The number of halogens is 4. The van der Waals surface area contributed by atoms with E-state index in [1.807, 2.05) is 0 Å². The van der Waals surface area contributed by atoms with Crippen molar-refractivity contribution in [2.75, 3.05) is 4.90 Å². The van der Waals surface area contributed by atoms with Crippen LogP contribution in [-0.2, 0) is 11.0 Å². The van der Waals surface area contributed by atoms with Crippen molar-refractivity contribution in [1.82, 2.24) is 9.97 Å². The van der Waals surface area contributed by atoms with E-state index < -0.39 is 17.7 Å². The number of rotatable bonds is 5. The third kappa shape index (κ3) is 3.82. The van der Waals surface area contributed by atoms with E-state index in [2.05, 4.69) is 9.97 Å². The van der Waals surface area contributed by atoms with E-state index in [1.54, 1.807) is 24.3 Å². The molecule has 2 aromatic heterocycles. The highest BCUT2D eigenvalue weighted by atomic mass is 35.5. The van der Waals surface area contributed by atoms with Crippen LogP contribution in [0.2, 0.25) is 5.02 Å². The zero-order valence-electron chi connectivity index (χ0n) is 13.6. The van der Waals surface area contributed by atoms with E-state index in [9.17, 15) is 27.9 Å². The third-order valence-corrected chi connectivity index (χ3v) is 4.88. The number of carbonyl (C=O) groups is 2. The van der Waals surface area contributed by atoms with Gasteiger partial charge < -0.3 is 5.11 Å². The molecule has 3 rings (SSSR count). The molecule has 0 fully saturated rings. The summed E-state index contributed by atoms with van der Waals surface area (Å²) < 4.78 is 38.0. The normalized spacial score (nSPS) is 11.3. The maximum atomic E-state index is 12.7. The first-order valence-electron chi connectivity index (χ1n) is 7.47. The van der Waals surface area contributed by atoms with Crippen LogP contribution in [0.15, 0.2) is 42.0 Å². The fraction of sp³-hybridized carbons (Fsp3) is 0.0588. The lowest BCUT2D eigenvalue weighted by molar-refractivity contribution is -0.138. The fourth-order valence-electron chi connectivity index (χ4n) is 2.35. The largest absolute Gasteiger partial charge is 0.478 e. The average molecular weight is 428 g/mol. The quantitative estimate of drug-likeness (QED) is 0.587. The Kier molecular flexibility index (Phi) is 5.34. The van der Waals surface area contributed by atoms with Crippen LogP contribution < -0.4 is 4.90 Å². The van der Waals surface area contributed by atoms with Crippen molar-refractivity contribution in [2.24, 2.45) is 0 Å². The summed E-state index contributed by atoms with van der Waals surface area (Å²) in [6.45, 7) is 0. The SMILES string of the molecule is O=CN(c1ncc(C(F)(F)F)cn1)c1scc(-c2ccc(Cl)cc2)c1C(=O)O. The molecular weight excluding hydrogens is 419 g/mol. The van der Waals surface area contributed by atoms with E-state index in [0.717, 1.165) is 16.2 Å². The molecule has 0 saturated carbocycles. The van der Waals surface area contributed by atoms with Gasteiger partial charge in [0.15, 0.2) is 0 Å². The summed E-state index contributed by atoms with van der Waals surface area (Å²) in [5, 5.41) is 11.6. The molecule has 0 aliphatic carbocycles. The molecule has 0 aliphatic rings. The topological polar surface area (TPSA) is 83.4 Å². The van der Waals surface area contributed by atoms with E-state index in [1.165, 1.54) is 5.38 Å². The summed E-state index contributed by atoms with van der Waals surface area (Å²) in [5.41, 5.74) is -0.428. The Hall–Kier alpha value is -2.98. The number of anilines is 2. The number of nitrogens with zero attached hydrogens (tertiary/aromatic N) is 3. The first-order chi connectivity index (χ1) is 13.2. The molecule has 11 heteroatoms. The number of benzene rings is 1. The van der Waals surface area contributed by atoms with Crippen LogP contribution in [0.3, 0.4) is 0 Å². The molecule has 0 spiro atoms. The standard InChI is InChI=1S/C17H9ClF3N3O3S/c18-11-3-1-9(2-4-11)12-7-28-14(13(12)15(26)27)24(8-25)16-22-5-10(6-23-16)17(19,20)21/h1-8H,(H,26,27). The molecule has 3 aromatic rings. The van der Waals surface area contributed by atoms with Gasteiger partial charge in [0.25, 0.3) is 0 Å². The van der Waals surface area contributed by atoms with Crippen molar-refractivity contribution >= 4 is 46.3 Å². The average Bonchev–Trinajstić information content (AvgIpc) is 3.08. The van der Waals surface area contributed by atoms with Crippen LogP contribution in [0.1, 0.15) is 15.9 Å². The van der Waals surface area contributed by atoms with Crippen molar-refractivity contribution in [2.45, 2.75) is 6.18 Å².